The van der Waals surface area contributed by atoms with Crippen LogP contribution in [0.15, 0.2) is 64.7 Å². The molecule has 0 heterocycles. The summed E-state index contributed by atoms with van der Waals surface area (Å²) in [5, 5.41) is 24.1. The first-order chi connectivity index (χ1) is 34.2. The van der Waals surface area contributed by atoms with E-state index in [9.17, 15) is 28.8 Å². The van der Waals surface area contributed by atoms with Gasteiger partial charge in [-0.2, -0.15) is 0 Å². The van der Waals surface area contributed by atoms with Crippen LogP contribution >= 0.6 is 23.5 Å². The van der Waals surface area contributed by atoms with Crippen LogP contribution in [0.25, 0.3) is 0 Å². The number of esters is 2. The van der Waals surface area contributed by atoms with Crippen LogP contribution in [0, 0.1) is 5.41 Å². The van der Waals surface area contributed by atoms with Crippen LogP contribution in [-0.4, -0.2) is 117 Å². The highest BCUT2D eigenvalue weighted by Gasteiger charge is 2.26. The van der Waals surface area contributed by atoms with Crippen molar-refractivity contribution in [2.45, 2.75) is 87.5 Å². The van der Waals surface area contributed by atoms with E-state index >= 15 is 0 Å². The van der Waals surface area contributed by atoms with Gasteiger partial charge in [0.05, 0.1) is 73.8 Å². The Hall–Kier alpha value is -6.61. The highest BCUT2D eigenvalue weighted by atomic mass is 32.2. The summed E-state index contributed by atoms with van der Waals surface area (Å²) in [5.74, 6) is -3.38. The quantitative estimate of drug-likeness (QED) is 0.0150. The first kappa shape index (κ1) is 59.7. The first-order valence-electron chi connectivity index (χ1n) is 23.1. The Morgan fingerprint density at radius 2 is 1.00 bits per heavy atom. The van der Waals surface area contributed by atoms with Crippen LogP contribution < -0.4 is 76.8 Å². The summed E-state index contributed by atoms with van der Waals surface area (Å²) < 4.78 is 16.8. The minimum atomic E-state index is -1.01. The maximum absolute atomic E-state index is 14.5. The van der Waals surface area contributed by atoms with Crippen LogP contribution in [0.5, 0.6) is 5.75 Å². The molecule has 0 bridgehead atoms. The number of ether oxygens (including phenoxy) is 3. The van der Waals surface area contributed by atoms with Gasteiger partial charge in [-0.3, -0.25) is 24.6 Å². The van der Waals surface area contributed by atoms with Gasteiger partial charge in [0.25, 0.3) is 11.8 Å². The molecule has 23 nitrogen and oxygen atoms in total. The summed E-state index contributed by atoms with van der Waals surface area (Å²) in [6, 6.07) is 7.73. The van der Waals surface area contributed by atoms with E-state index in [0.29, 0.717) is 47.2 Å². The van der Waals surface area contributed by atoms with Gasteiger partial charge in [0.1, 0.15) is 12.4 Å². The van der Waals surface area contributed by atoms with Crippen molar-refractivity contribution in [3.63, 3.8) is 0 Å². The number of nitrogens with one attached hydrogen (secondary N) is 7. The molecule has 72 heavy (non-hydrogen) atoms. The second-order valence-corrected chi connectivity index (χ2v) is 18.8. The van der Waals surface area contributed by atoms with Gasteiger partial charge in [0, 0.05) is 55.4 Å². The van der Waals surface area contributed by atoms with Gasteiger partial charge < -0.3 is 86.2 Å². The van der Waals surface area contributed by atoms with Gasteiger partial charge in [-0.25, -0.2) is 9.59 Å². The number of benzene rings is 3. The molecule has 0 fully saturated rings. The zero-order valence-corrected chi connectivity index (χ0v) is 42.7. The number of guanidine groups is 1. The minimum Gasteiger partial charge on any atom is -0.492 e. The molecule has 0 aliphatic carbocycles. The number of hydrogen-bond donors (Lipinski definition) is 14. The van der Waals surface area contributed by atoms with E-state index < -0.39 is 59.9 Å². The number of rotatable bonds is 30. The Labute approximate surface area is 427 Å². The van der Waals surface area contributed by atoms with E-state index in [4.69, 9.17) is 59.8 Å². The van der Waals surface area contributed by atoms with Crippen LogP contribution in [0.1, 0.15) is 94.8 Å². The van der Waals surface area contributed by atoms with Crippen molar-refractivity contribution in [2.24, 2.45) is 40.1 Å². The van der Waals surface area contributed by atoms with Crippen molar-refractivity contribution < 1.29 is 43.0 Å². The number of hydrogen-bond acceptors (Lipinski definition) is 19. The fourth-order valence-corrected chi connectivity index (χ4v) is 8.11. The molecule has 0 aliphatic heterocycles. The Morgan fingerprint density at radius 1 is 0.597 bits per heavy atom. The second kappa shape index (κ2) is 30.3. The fraction of sp³-hybridized carbons (Fsp3) is 0.426. The number of nitrogens with two attached hydrogens (primary N) is 7. The third-order valence-electron chi connectivity index (χ3n) is 9.62. The molecule has 21 N–H and O–H groups in total. The first-order valence-corrected chi connectivity index (χ1v) is 25.1. The maximum atomic E-state index is 14.5. The molecule has 3 aromatic carbocycles. The number of thioether (sulfide) groups is 2. The summed E-state index contributed by atoms with van der Waals surface area (Å²) in [4.78, 5) is 83.3. The second-order valence-electron chi connectivity index (χ2n) is 16.5. The molecule has 2 atom stereocenters. The molecule has 0 radical (unpaired) electrons. The molecule has 0 saturated heterocycles. The molecule has 0 unspecified atom stereocenters. The number of anilines is 4. The standard InChI is InChI=1S/C47H70N14O9S2/c1-25(2)69-45(66)30-21-35(39(71-16-11-49)37(23-30)60-43(64)33(52)8-6-13-56-27(5)51)58-41(62)28-18-29(20-32(19-28)68-15-10-48)42(63)59-36-22-31(46(67)70-26(3)4)24-38(40(36)72-17-12-50)61-44(65)34(53)9-7-14-57-47(54)55/h18-26,33-34,56H,5-17,48-53H2,1-4H3,(H,58,62)(H,59,63)(H,60,64)(H,61,65)(H4,54,55,57)/t33-,34-/m1/s1. The van der Waals surface area contributed by atoms with Crippen molar-refractivity contribution in [1.29, 1.82) is 5.41 Å². The monoisotopic (exact) mass is 1040 g/mol. The summed E-state index contributed by atoms with van der Waals surface area (Å²) in [5.41, 5.74) is 41.3. The van der Waals surface area contributed by atoms with Crippen molar-refractivity contribution >= 4 is 87.8 Å². The normalized spacial score (nSPS) is 11.8. The Kier molecular flexibility index (Phi) is 25.1. The van der Waals surface area contributed by atoms with Crippen molar-refractivity contribution in [3.8, 4) is 5.75 Å². The van der Waals surface area contributed by atoms with Gasteiger partial charge in [-0.15, -0.1) is 23.5 Å². The lowest BCUT2D eigenvalue weighted by molar-refractivity contribution is -0.118. The average Bonchev–Trinajstić information content (AvgIpc) is 3.31. The van der Waals surface area contributed by atoms with Crippen molar-refractivity contribution in [1.82, 2.24) is 10.6 Å². The molecule has 0 aromatic heterocycles. The third kappa shape index (κ3) is 19.9. The Morgan fingerprint density at radius 3 is 1.36 bits per heavy atom. The summed E-state index contributed by atoms with van der Waals surface area (Å²) in [6.45, 7) is 11.5. The van der Waals surface area contributed by atoms with E-state index in [0.717, 1.165) is 0 Å². The average molecular weight is 1040 g/mol. The fourth-order valence-electron chi connectivity index (χ4n) is 6.40. The Balaban J connectivity index is 2.15. The molecule has 3 aromatic rings. The SMILES string of the molecule is C=C(N)NCCC[C@@H](N)C(=O)Nc1cc(C(=O)OC(C)C)cc(NC(=O)c2cc(OCCN)cc(C(=O)Nc3cc(C(=O)OC(C)C)cc(NC(=O)[C@H](N)CCCNC(=N)N)c3SCCN)c2)c1SCCN. The zero-order chi connectivity index (χ0) is 53.5. The lowest BCUT2D eigenvalue weighted by Gasteiger charge is -2.20. The molecule has 4 amide bonds. The molecule has 0 saturated carbocycles. The smallest absolute Gasteiger partial charge is 0.338 e. The van der Waals surface area contributed by atoms with Crippen LogP contribution in [0.2, 0.25) is 0 Å². The third-order valence-corrected chi connectivity index (χ3v) is 12.0. The van der Waals surface area contributed by atoms with Crippen LogP contribution in [-0.2, 0) is 19.1 Å². The van der Waals surface area contributed by atoms with Gasteiger partial charge in [-0.1, -0.05) is 6.58 Å². The number of carbonyl (C=O) groups is 6. The molecule has 394 valence electrons. The largest absolute Gasteiger partial charge is 0.492 e. The molecule has 25 heteroatoms. The Bertz CT molecular complexity index is 2250. The van der Waals surface area contributed by atoms with E-state index in [2.05, 4.69) is 38.5 Å². The van der Waals surface area contributed by atoms with Gasteiger partial charge in [0.15, 0.2) is 5.96 Å². The van der Waals surface area contributed by atoms with Crippen molar-refractivity contribution in [2.75, 3.05) is 72.1 Å². The summed E-state index contributed by atoms with van der Waals surface area (Å²) in [7, 11) is 0. The predicted molar refractivity (Wildman–Crippen MR) is 283 cm³/mol. The van der Waals surface area contributed by atoms with E-state index in [1.807, 2.05) is 0 Å². The highest BCUT2D eigenvalue weighted by Crippen LogP contribution is 2.39. The van der Waals surface area contributed by atoms with Gasteiger partial charge in [-0.05, 0) is 95.8 Å². The number of amides is 4. The van der Waals surface area contributed by atoms with Gasteiger partial charge in [0.2, 0.25) is 11.8 Å². The molecule has 0 aliphatic rings. The summed E-state index contributed by atoms with van der Waals surface area (Å²) in [6.07, 6.45) is 0.357. The van der Waals surface area contributed by atoms with Crippen LogP contribution in [0.4, 0.5) is 22.7 Å². The summed E-state index contributed by atoms with van der Waals surface area (Å²) >= 11 is 2.39. The van der Waals surface area contributed by atoms with Crippen LogP contribution in [0.3, 0.4) is 0 Å². The van der Waals surface area contributed by atoms with E-state index in [-0.39, 0.29) is 102 Å². The minimum absolute atomic E-state index is 0.00644. The van der Waals surface area contributed by atoms with E-state index in [1.54, 1.807) is 27.7 Å². The predicted octanol–water partition coefficient (Wildman–Crippen LogP) is 2.36. The molecule has 3 rings (SSSR count). The molecular weight excluding hydrogens is 969 g/mol. The highest BCUT2D eigenvalue weighted by molar-refractivity contribution is 7.99. The van der Waals surface area contributed by atoms with Gasteiger partial charge >= 0.3 is 11.9 Å². The topological polar surface area (TPSA) is 408 Å². The maximum Gasteiger partial charge on any atom is 0.338 e. The lowest BCUT2D eigenvalue weighted by atomic mass is 10.1. The van der Waals surface area contributed by atoms with E-state index in [1.165, 1.54) is 66.0 Å². The number of carbonyl (C=O) groups excluding carboxylic acids is 6. The van der Waals surface area contributed by atoms with Crippen molar-refractivity contribution in [3.05, 3.63) is 77.1 Å². The molecule has 0 spiro atoms. The molecular formula is C47H70N14O9S2. The lowest BCUT2D eigenvalue weighted by Crippen LogP contribution is -2.37. The zero-order valence-electron chi connectivity index (χ0n) is 41.1.